The average molecular weight is 539 g/mol. The van der Waals surface area contributed by atoms with E-state index < -0.39 is 5.97 Å². The first-order chi connectivity index (χ1) is 17.9. The summed E-state index contributed by atoms with van der Waals surface area (Å²) in [6.07, 6.45) is 1.26. The molecule has 1 aliphatic rings. The van der Waals surface area contributed by atoms with Gasteiger partial charge in [-0.25, -0.2) is 14.4 Å². The first-order valence-corrected chi connectivity index (χ1v) is 12.5. The summed E-state index contributed by atoms with van der Waals surface area (Å²) in [7, 11) is 1.34. The summed E-state index contributed by atoms with van der Waals surface area (Å²) in [6, 6.07) is 17.5. The molecule has 0 radical (unpaired) electrons. The number of halogens is 2. The van der Waals surface area contributed by atoms with Gasteiger partial charge in [0.1, 0.15) is 0 Å². The number of esters is 1. The van der Waals surface area contributed by atoms with Crippen LogP contribution in [0.2, 0.25) is 10.0 Å². The third-order valence-corrected chi connectivity index (χ3v) is 7.37. The van der Waals surface area contributed by atoms with Gasteiger partial charge in [0.15, 0.2) is 0 Å². The minimum absolute atomic E-state index is 0.0630. The van der Waals surface area contributed by atoms with Crippen LogP contribution in [0.4, 0.5) is 10.5 Å². The first kappa shape index (κ1) is 24.9. The van der Waals surface area contributed by atoms with Crippen molar-refractivity contribution >= 4 is 51.9 Å². The minimum atomic E-state index is -0.421. The van der Waals surface area contributed by atoms with E-state index in [9.17, 15) is 14.4 Å². The number of aromatic amines is 1. The topological polar surface area (TPSA) is 96.4 Å². The molecule has 3 aromatic carbocycles. The molecular weight excluding hydrogens is 515 g/mol. The molecule has 1 aliphatic heterocycles. The Morgan fingerprint density at radius 1 is 1.00 bits per heavy atom. The third kappa shape index (κ3) is 4.95. The lowest BCUT2D eigenvalue weighted by Gasteiger charge is -2.32. The molecule has 2 heterocycles. The van der Waals surface area contributed by atoms with Crippen LogP contribution in [0.3, 0.4) is 0 Å². The molecule has 37 heavy (non-hydrogen) atoms. The number of urea groups is 1. The Hall–Kier alpha value is -3.75. The number of aromatic nitrogens is 2. The smallest absolute Gasteiger partial charge is 0.337 e. The number of carbonyl (C=O) groups excluding carboxylic acids is 2. The number of para-hydroxylation sites is 1. The normalized spacial score (nSPS) is 14.1. The number of fused-ring (bicyclic) bond motifs is 1. The molecule has 0 unspecified atom stereocenters. The van der Waals surface area contributed by atoms with Crippen LogP contribution in [0, 0.1) is 0 Å². The predicted octanol–water partition coefficient (Wildman–Crippen LogP) is 5.96. The summed E-state index contributed by atoms with van der Waals surface area (Å²) in [4.78, 5) is 42.6. The zero-order chi connectivity index (χ0) is 26.1. The van der Waals surface area contributed by atoms with Crippen LogP contribution >= 0.6 is 23.2 Å². The van der Waals surface area contributed by atoms with Crippen LogP contribution in [0.1, 0.15) is 29.2 Å². The maximum atomic E-state index is 13.1. The lowest BCUT2D eigenvalue weighted by Crippen LogP contribution is -2.42. The SMILES string of the molecule is COC(=O)c1cccc(-c2cccc3c2[nH]c(=O)n3C2CCN(C(=O)Nc3ccc(Cl)c(Cl)c3)CC2)c1. The van der Waals surface area contributed by atoms with Crippen LogP contribution < -0.4 is 11.0 Å². The van der Waals surface area contributed by atoms with Crippen molar-refractivity contribution in [2.75, 3.05) is 25.5 Å². The van der Waals surface area contributed by atoms with E-state index in [1.165, 1.54) is 7.11 Å². The number of rotatable bonds is 4. The Morgan fingerprint density at radius 3 is 2.49 bits per heavy atom. The number of hydrogen-bond acceptors (Lipinski definition) is 4. The number of methoxy groups -OCH3 is 1. The molecule has 0 aliphatic carbocycles. The number of anilines is 1. The highest BCUT2D eigenvalue weighted by Crippen LogP contribution is 2.31. The van der Waals surface area contributed by atoms with Gasteiger partial charge in [0, 0.05) is 30.4 Å². The highest BCUT2D eigenvalue weighted by Gasteiger charge is 2.27. The van der Waals surface area contributed by atoms with Crippen molar-refractivity contribution in [2.24, 2.45) is 0 Å². The Labute approximate surface area is 222 Å². The minimum Gasteiger partial charge on any atom is -0.465 e. The fourth-order valence-corrected chi connectivity index (χ4v) is 5.09. The molecule has 0 spiro atoms. The summed E-state index contributed by atoms with van der Waals surface area (Å²) >= 11 is 12.0. The summed E-state index contributed by atoms with van der Waals surface area (Å²) in [5, 5.41) is 3.64. The zero-order valence-electron chi connectivity index (χ0n) is 20.0. The number of carbonyl (C=O) groups is 2. The van der Waals surface area contributed by atoms with Gasteiger partial charge in [0.2, 0.25) is 0 Å². The fraction of sp³-hybridized carbons (Fsp3) is 0.222. The fourth-order valence-electron chi connectivity index (χ4n) is 4.79. The second-order valence-electron chi connectivity index (χ2n) is 8.85. The highest BCUT2D eigenvalue weighted by molar-refractivity contribution is 6.42. The van der Waals surface area contributed by atoms with Crippen LogP contribution in [0.5, 0.6) is 0 Å². The van der Waals surface area contributed by atoms with Gasteiger partial charge in [-0.05, 0) is 54.8 Å². The molecule has 10 heteroatoms. The summed E-state index contributed by atoms with van der Waals surface area (Å²) in [5.41, 5.74) is 3.90. The molecular formula is C27H24Cl2N4O4. The molecule has 0 atom stereocenters. The number of amides is 2. The number of H-pyrrole nitrogens is 1. The van der Waals surface area contributed by atoms with Crippen LogP contribution in [-0.4, -0.2) is 46.7 Å². The average Bonchev–Trinajstić information content (AvgIpc) is 3.26. The Kier molecular flexibility index (Phi) is 6.95. The monoisotopic (exact) mass is 538 g/mol. The summed E-state index contributed by atoms with van der Waals surface area (Å²) < 4.78 is 6.62. The standard InChI is InChI=1S/C27H24Cl2N4O4/c1-37-25(34)17-5-2-4-16(14-17)20-6-3-7-23-24(20)31-27(36)33(23)19-10-12-32(13-11-19)26(35)30-18-8-9-21(28)22(29)15-18/h2-9,14-15,19H,10-13H2,1H3,(H,30,35)(H,31,36). The molecule has 1 fully saturated rings. The number of ether oxygens (including phenoxy) is 1. The van der Waals surface area contributed by atoms with Gasteiger partial charge < -0.3 is 19.9 Å². The van der Waals surface area contributed by atoms with Gasteiger partial charge in [-0.3, -0.25) is 4.57 Å². The van der Waals surface area contributed by atoms with Crippen molar-refractivity contribution in [3.63, 3.8) is 0 Å². The van der Waals surface area contributed by atoms with E-state index >= 15 is 0 Å². The van der Waals surface area contributed by atoms with Gasteiger partial charge in [-0.15, -0.1) is 0 Å². The van der Waals surface area contributed by atoms with Gasteiger partial charge in [0.25, 0.3) is 0 Å². The van der Waals surface area contributed by atoms with E-state index in [-0.39, 0.29) is 17.8 Å². The molecule has 1 aromatic heterocycles. The Bertz CT molecular complexity index is 1550. The quantitative estimate of drug-likeness (QED) is 0.313. The second kappa shape index (κ2) is 10.3. The lowest BCUT2D eigenvalue weighted by atomic mass is 10.0. The largest absolute Gasteiger partial charge is 0.465 e. The maximum absolute atomic E-state index is 13.1. The van der Waals surface area contributed by atoms with Crippen LogP contribution in [-0.2, 0) is 4.74 Å². The molecule has 0 saturated carbocycles. The van der Waals surface area contributed by atoms with Gasteiger partial charge in [-0.1, -0.05) is 47.5 Å². The van der Waals surface area contributed by atoms with E-state index in [0.29, 0.717) is 52.7 Å². The summed E-state index contributed by atoms with van der Waals surface area (Å²) in [6.45, 7) is 0.996. The molecule has 2 N–H and O–H groups in total. The van der Waals surface area contributed by atoms with Crippen molar-refractivity contribution in [1.29, 1.82) is 0 Å². The van der Waals surface area contributed by atoms with E-state index in [1.807, 2.05) is 24.3 Å². The number of nitrogens with zero attached hydrogens (tertiary/aromatic N) is 2. The number of benzene rings is 3. The molecule has 1 saturated heterocycles. The first-order valence-electron chi connectivity index (χ1n) is 11.8. The van der Waals surface area contributed by atoms with Gasteiger partial charge in [0.05, 0.1) is 33.8 Å². The van der Waals surface area contributed by atoms with E-state index in [1.54, 1.807) is 45.9 Å². The van der Waals surface area contributed by atoms with E-state index in [4.69, 9.17) is 27.9 Å². The van der Waals surface area contributed by atoms with Crippen molar-refractivity contribution in [1.82, 2.24) is 14.5 Å². The Morgan fingerprint density at radius 2 is 1.76 bits per heavy atom. The van der Waals surface area contributed by atoms with Gasteiger partial charge in [-0.2, -0.15) is 0 Å². The number of nitrogens with one attached hydrogen (secondary N) is 2. The Balaban J connectivity index is 1.35. The van der Waals surface area contributed by atoms with E-state index in [2.05, 4.69) is 10.3 Å². The lowest BCUT2D eigenvalue weighted by molar-refractivity contribution is 0.0600. The molecule has 8 nitrogen and oxygen atoms in total. The number of hydrogen-bond donors (Lipinski definition) is 2. The van der Waals surface area contributed by atoms with Crippen molar-refractivity contribution in [2.45, 2.75) is 18.9 Å². The van der Waals surface area contributed by atoms with Crippen molar-refractivity contribution in [3.05, 3.63) is 86.8 Å². The molecule has 190 valence electrons. The number of likely N-dealkylation sites (tertiary alicyclic amines) is 1. The second-order valence-corrected chi connectivity index (χ2v) is 9.66. The molecule has 0 bridgehead atoms. The van der Waals surface area contributed by atoms with E-state index in [0.717, 1.165) is 16.6 Å². The molecule has 4 aromatic rings. The number of piperidine rings is 1. The zero-order valence-corrected chi connectivity index (χ0v) is 21.5. The van der Waals surface area contributed by atoms with Crippen molar-refractivity contribution in [3.8, 4) is 11.1 Å². The van der Waals surface area contributed by atoms with Crippen LogP contribution in [0.25, 0.3) is 22.2 Å². The maximum Gasteiger partial charge on any atom is 0.337 e. The van der Waals surface area contributed by atoms with Gasteiger partial charge >= 0.3 is 17.7 Å². The highest BCUT2D eigenvalue weighted by atomic mass is 35.5. The predicted molar refractivity (Wildman–Crippen MR) is 145 cm³/mol. The summed E-state index contributed by atoms with van der Waals surface area (Å²) in [5.74, 6) is -0.421. The third-order valence-electron chi connectivity index (χ3n) is 6.64. The van der Waals surface area contributed by atoms with Crippen molar-refractivity contribution < 1.29 is 14.3 Å². The number of imidazole rings is 1. The molecule has 5 rings (SSSR count). The van der Waals surface area contributed by atoms with Crippen LogP contribution in [0.15, 0.2) is 65.5 Å². The molecule has 2 amide bonds.